The molecule has 0 bridgehead atoms. The van der Waals surface area contributed by atoms with Crippen LogP contribution in [0.4, 0.5) is 10.1 Å². The van der Waals surface area contributed by atoms with Crippen molar-refractivity contribution in [2.75, 3.05) is 5.32 Å². The Morgan fingerprint density at radius 1 is 1.23 bits per heavy atom. The summed E-state index contributed by atoms with van der Waals surface area (Å²) in [4.78, 5) is 16.1. The van der Waals surface area contributed by atoms with Gasteiger partial charge in [-0.15, -0.1) is 0 Å². The summed E-state index contributed by atoms with van der Waals surface area (Å²) in [5.74, 6) is -1.10. The smallest absolute Gasteiger partial charge is 0.258 e. The van der Waals surface area contributed by atoms with Gasteiger partial charge in [0.05, 0.1) is 16.9 Å². The van der Waals surface area contributed by atoms with Gasteiger partial charge in [-0.3, -0.25) is 4.79 Å². The molecular weight excluding hydrogens is 351 g/mol. The maximum absolute atomic E-state index is 13.7. The Morgan fingerprint density at radius 2 is 2.05 bits per heavy atom. The molecule has 1 heterocycles. The molecular formula is C15H10BrFN4O. The lowest BCUT2D eigenvalue weighted by atomic mass is 10.2. The average molecular weight is 361 g/mol. The van der Waals surface area contributed by atoms with Gasteiger partial charge in [0.25, 0.3) is 5.91 Å². The van der Waals surface area contributed by atoms with Gasteiger partial charge >= 0.3 is 0 Å². The van der Waals surface area contributed by atoms with Crippen LogP contribution in [0.3, 0.4) is 0 Å². The second kappa shape index (κ2) is 6.07. The number of amides is 1. The zero-order valence-electron chi connectivity index (χ0n) is 11.2. The highest BCUT2D eigenvalue weighted by Gasteiger charge is 2.14. The van der Waals surface area contributed by atoms with Crippen molar-refractivity contribution in [3.8, 4) is 5.69 Å². The van der Waals surface area contributed by atoms with E-state index in [-0.39, 0.29) is 5.56 Å². The number of nitrogens with one attached hydrogen (secondary N) is 1. The summed E-state index contributed by atoms with van der Waals surface area (Å²) in [6, 6.07) is 11.1. The van der Waals surface area contributed by atoms with Crippen molar-refractivity contribution < 1.29 is 9.18 Å². The van der Waals surface area contributed by atoms with Crippen molar-refractivity contribution in [3.05, 3.63) is 71.0 Å². The summed E-state index contributed by atoms with van der Waals surface area (Å²) in [7, 11) is 0. The first-order chi connectivity index (χ1) is 10.6. The quantitative estimate of drug-likeness (QED) is 0.778. The second-order valence-electron chi connectivity index (χ2n) is 4.44. The van der Waals surface area contributed by atoms with Crippen molar-refractivity contribution >= 4 is 27.5 Å². The van der Waals surface area contributed by atoms with Crippen molar-refractivity contribution in [2.45, 2.75) is 0 Å². The minimum Gasteiger partial charge on any atom is -0.320 e. The summed E-state index contributed by atoms with van der Waals surface area (Å²) >= 11 is 3.35. The molecule has 22 heavy (non-hydrogen) atoms. The standard InChI is InChI=1S/C15H10BrFN4O/c16-10-5-6-14(21-9-18-8-19-21)13(7-10)20-15(22)11-3-1-2-4-12(11)17/h1-9H,(H,20,22). The topological polar surface area (TPSA) is 59.8 Å². The lowest BCUT2D eigenvalue weighted by Crippen LogP contribution is -2.15. The van der Waals surface area contributed by atoms with Gasteiger partial charge in [-0.1, -0.05) is 28.1 Å². The molecule has 5 nitrogen and oxygen atoms in total. The molecule has 3 rings (SSSR count). The van der Waals surface area contributed by atoms with Crippen LogP contribution in [0.25, 0.3) is 5.69 Å². The number of rotatable bonds is 3. The van der Waals surface area contributed by atoms with Crippen molar-refractivity contribution in [3.63, 3.8) is 0 Å². The van der Waals surface area contributed by atoms with E-state index in [0.29, 0.717) is 11.4 Å². The highest BCUT2D eigenvalue weighted by molar-refractivity contribution is 9.10. The number of benzene rings is 2. The molecule has 0 aliphatic carbocycles. The molecule has 1 N–H and O–H groups in total. The number of anilines is 1. The number of halogens is 2. The van der Waals surface area contributed by atoms with E-state index in [2.05, 4.69) is 31.3 Å². The van der Waals surface area contributed by atoms with Gasteiger partial charge in [0, 0.05) is 4.47 Å². The van der Waals surface area contributed by atoms with E-state index < -0.39 is 11.7 Å². The fourth-order valence-electron chi connectivity index (χ4n) is 1.98. The van der Waals surface area contributed by atoms with E-state index in [1.54, 1.807) is 18.2 Å². The highest BCUT2D eigenvalue weighted by atomic mass is 79.9. The van der Waals surface area contributed by atoms with Crippen molar-refractivity contribution in [2.24, 2.45) is 0 Å². The molecule has 1 amide bonds. The van der Waals surface area contributed by atoms with Crippen LogP contribution in [-0.4, -0.2) is 20.7 Å². The first-order valence-corrected chi connectivity index (χ1v) is 7.15. The van der Waals surface area contributed by atoms with Gasteiger partial charge in [-0.05, 0) is 30.3 Å². The second-order valence-corrected chi connectivity index (χ2v) is 5.35. The third kappa shape index (κ3) is 2.89. The molecule has 1 aromatic heterocycles. The minimum absolute atomic E-state index is 0.0213. The van der Waals surface area contributed by atoms with E-state index >= 15 is 0 Å². The zero-order valence-corrected chi connectivity index (χ0v) is 12.8. The van der Waals surface area contributed by atoms with Gasteiger partial charge in [-0.25, -0.2) is 14.1 Å². The van der Waals surface area contributed by atoms with Crippen LogP contribution in [0, 0.1) is 5.82 Å². The van der Waals surface area contributed by atoms with Gasteiger partial charge in [-0.2, -0.15) is 5.10 Å². The maximum Gasteiger partial charge on any atom is 0.258 e. The van der Waals surface area contributed by atoms with Crippen molar-refractivity contribution in [1.29, 1.82) is 0 Å². The minimum atomic E-state index is -0.572. The zero-order chi connectivity index (χ0) is 15.5. The molecule has 0 saturated heterocycles. The lowest BCUT2D eigenvalue weighted by Gasteiger charge is -2.11. The van der Waals surface area contributed by atoms with E-state index in [0.717, 1.165) is 4.47 Å². The van der Waals surface area contributed by atoms with Crippen LogP contribution in [0.2, 0.25) is 0 Å². The predicted molar refractivity (Wildman–Crippen MR) is 83.4 cm³/mol. The molecule has 0 spiro atoms. The Balaban J connectivity index is 1.97. The number of hydrogen-bond donors (Lipinski definition) is 1. The molecule has 110 valence electrons. The molecule has 7 heteroatoms. The van der Waals surface area contributed by atoms with E-state index in [1.165, 1.54) is 35.5 Å². The Morgan fingerprint density at radius 3 is 2.77 bits per heavy atom. The number of aromatic nitrogens is 3. The SMILES string of the molecule is O=C(Nc1cc(Br)ccc1-n1cncn1)c1ccccc1F. The lowest BCUT2D eigenvalue weighted by molar-refractivity contribution is 0.102. The number of carbonyl (C=O) groups excluding carboxylic acids is 1. The van der Waals surface area contributed by atoms with Crippen molar-refractivity contribution in [1.82, 2.24) is 14.8 Å². The maximum atomic E-state index is 13.7. The molecule has 0 aliphatic heterocycles. The molecule has 0 unspecified atom stereocenters. The number of carbonyl (C=O) groups is 1. The van der Waals surface area contributed by atoms with Gasteiger partial charge < -0.3 is 5.32 Å². The van der Waals surface area contributed by atoms with Gasteiger partial charge in [0.1, 0.15) is 18.5 Å². The van der Waals surface area contributed by atoms with Crippen LogP contribution in [0.1, 0.15) is 10.4 Å². The van der Waals surface area contributed by atoms with Gasteiger partial charge in [0.15, 0.2) is 0 Å². The van der Waals surface area contributed by atoms with Crippen LogP contribution in [0.5, 0.6) is 0 Å². The third-order valence-corrected chi connectivity index (χ3v) is 3.48. The fourth-order valence-corrected chi connectivity index (χ4v) is 2.34. The molecule has 0 atom stereocenters. The van der Waals surface area contributed by atoms with E-state index in [1.807, 2.05) is 6.07 Å². The van der Waals surface area contributed by atoms with Crippen LogP contribution >= 0.6 is 15.9 Å². The summed E-state index contributed by atoms with van der Waals surface area (Å²) in [5.41, 5.74) is 1.10. The number of nitrogens with zero attached hydrogens (tertiary/aromatic N) is 3. The first kappa shape index (κ1) is 14.4. The monoisotopic (exact) mass is 360 g/mol. The van der Waals surface area contributed by atoms with E-state index in [4.69, 9.17) is 0 Å². The number of hydrogen-bond acceptors (Lipinski definition) is 3. The normalized spacial score (nSPS) is 10.5. The summed E-state index contributed by atoms with van der Waals surface area (Å²) in [6.07, 6.45) is 2.91. The Hall–Kier alpha value is -2.54. The third-order valence-electron chi connectivity index (χ3n) is 2.99. The average Bonchev–Trinajstić information content (AvgIpc) is 3.02. The summed E-state index contributed by atoms with van der Waals surface area (Å²) in [5, 5.41) is 6.74. The molecule has 0 radical (unpaired) electrons. The predicted octanol–water partition coefficient (Wildman–Crippen LogP) is 3.42. The Labute approximate surface area is 133 Å². The summed E-state index contributed by atoms with van der Waals surface area (Å²) in [6.45, 7) is 0. The largest absolute Gasteiger partial charge is 0.320 e. The molecule has 3 aromatic rings. The highest BCUT2D eigenvalue weighted by Crippen LogP contribution is 2.25. The molecule has 0 fully saturated rings. The fraction of sp³-hybridized carbons (Fsp3) is 0. The van der Waals surface area contributed by atoms with Crippen LogP contribution in [-0.2, 0) is 0 Å². The van der Waals surface area contributed by atoms with E-state index in [9.17, 15) is 9.18 Å². The molecule has 0 aliphatic rings. The molecule has 0 saturated carbocycles. The Kier molecular flexibility index (Phi) is 3.97. The van der Waals surface area contributed by atoms with Gasteiger partial charge in [0.2, 0.25) is 0 Å². The first-order valence-electron chi connectivity index (χ1n) is 6.35. The molecule has 2 aromatic carbocycles. The van der Waals surface area contributed by atoms with Crippen LogP contribution < -0.4 is 5.32 Å². The van der Waals surface area contributed by atoms with Crippen LogP contribution in [0.15, 0.2) is 59.6 Å². The summed E-state index contributed by atoms with van der Waals surface area (Å²) < 4.78 is 16.0. The Bertz CT molecular complexity index is 820.